The number of hydrogen-bond donors (Lipinski definition) is 1. The molecule has 78 heavy (non-hydrogen) atoms. The van der Waals surface area contributed by atoms with Crippen LogP contribution in [0.3, 0.4) is 0 Å². The summed E-state index contributed by atoms with van der Waals surface area (Å²) in [7, 11) is 3.29. The van der Waals surface area contributed by atoms with Crippen molar-refractivity contribution in [1.29, 1.82) is 0 Å². The second kappa shape index (κ2) is 26.5. The molecule has 0 bridgehead atoms. The molecule has 0 saturated carbocycles. The number of rotatable bonds is 22. The van der Waals surface area contributed by atoms with Crippen molar-refractivity contribution in [2.45, 2.75) is 122 Å². The number of aliphatic hydroxyl groups is 1. The summed E-state index contributed by atoms with van der Waals surface area (Å²) in [4.78, 5) is 0. The van der Waals surface area contributed by atoms with E-state index in [0.717, 1.165) is 76.1 Å². The zero-order valence-corrected chi connectivity index (χ0v) is 47.0. The van der Waals surface area contributed by atoms with Crippen LogP contribution in [0.25, 0.3) is 21.5 Å². The molecule has 8 aromatic carbocycles. The van der Waals surface area contributed by atoms with Crippen molar-refractivity contribution in [3.8, 4) is 0 Å². The van der Waals surface area contributed by atoms with Crippen LogP contribution in [0.15, 0.2) is 186 Å². The zero-order chi connectivity index (χ0) is 54.5. The fourth-order valence-electron chi connectivity index (χ4n) is 9.89. The molecule has 1 fully saturated rings. The fourth-order valence-corrected chi connectivity index (χ4v) is 10.5. The van der Waals surface area contributed by atoms with Crippen LogP contribution in [-0.2, 0) is 106 Å². The van der Waals surface area contributed by atoms with E-state index < -0.39 is 41.8 Å². The Bertz CT molecular complexity index is 3160. The van der Waals surface area contributed by atoms with Crippen LogP contribution in [0.1, 0.15) is 77.8 Å². The second-order valence-electron chi connectivity index (χ2n) is 20.4. The summed E-state index contributed by atoms with van der Waals surface area (Å²) >= 11 is 3.69. The predicted molar refractivity (Wildman–Crippen MR) is 306 cm³/mol. The Labute approximate surface area is 467 Å². The van der Waals surface area contributed by atoms with Crippen molar-refractivity contribution < 1.29 is 52.5 Å². The van der Waals surface area contributed by atoms with Gasteiger partial charge in [0.1, 0.15) is 24.4 Å². The summed E-state index contributed by atoms with van der Waals surface area (Å²) in [6.45, 7) is 10.2. The van der Waals surface area contributed by atoms with Crippen LogP contribution in [0.5, 0.6) is 0 Å². The Morgan fingerprint density at radius 2 is 0.987 bits per heavy atom. The Kier molecular flexibility index (Phi) is 19.4. The van der Waals surface area contributed by atoms with Gasteiger partial charge >= 0.3 is 0 Å². The Hall–Kier alpha value is -5.68. The molecule has 5 atom stereocenters. The molecule has 0 amide bonds. The van der Waals surface area contributed by atoms with Crippen LogP contribution < -0.4 is 0 Å². The van der Waals surface area contributed by atoms with Crippen LogP contribution in [0.2, 0.25) is 0 Å². The maximum Gasteiger partial charge on any atom is 0.226 e. The lowest BCUT2D eigenvalue weighted by Gasteiger charge is -2.51. The lowest BCUT2D eigenvalue weighted by molar-refractivity contribution is -0.387. The van der Waals surface area contributed by atoms with Crippen molar-refractivity contribution in [3.63, 3.8) is 0 Å². The van der Waals surface area contributed by atoms with E-state index in [1.807, 2.05) is 173 Å². The molecule has 0 aromatic heterocycles. The summed E-state index contributed by atoms with van der Waals surface area (Å²) in [5.74, 6) is -2.66. The summed E-state index contributed by atoms with van der Waals surface area (Å²) in [6.07, 6.45) is -2.65. The highest BCUT2D eigenvalue weighted by atomic mass is 79.9. The van der Waals surface area contributed by atoms with E-state index >= 15 is 0 Å². The third-order valence-electron chi connectivity index (χ3n) is 14.5. The third-order valence-corrected chi connectivity index (χ3v) is 15.2. The average Bonchev–Trinajstić information content (AvgIpc) is 3.99. The molecule has 408 valence electrons. The second-order valence-corrected chi connectivity index (χ2v) is 21.3. The molecule has 2 aliphatic heterocycles. The van der Waals surface area contributed by atoms with Crippen molar-refractivity contribution in [3.05, 3.63) is 237 Å². The van der Waals surface area contributed by atoms with E-state index in [0.29, 0.717) is 46.2 Å². The van der Waals surface area contributed by atoms with Crippen LogP contribution in [0.4, 0.5) is 0 Å². The van der Waals surface area contributed by atoms with Gasteiger partial charge in [0.2, 0.25) is 5.79 Å². The highest BCUT2D eigenvalue weighted by Gasteiger charge is 2.61. The molecule has 2 heterocycles. The van der Waals surface area contributed by atoms with Gasteiger partial charge in [-0.1, -0.05) is 186 Å². The monoisotopic (exact) mass is 1120 g/mol. The number of halogens is 1. The quantitative estimate of drug-likeness (QED) is 0.0655. The molecule has 0 radical (unpaired) electrons. The first-order valence-electron chi connectivity index (χ1n) is 26.5. The zero-order valence-electron chi connectivity index (χ0n) is 45.4. The fraction of sp³-hybridized carbons (Fsp3) is 0.333. The number of benzene rings is 8. The average molecular weight is 1120 g/mol. The van der Waals surface area contributed by atoms with E-state index in [1.165, 1.54) is 0 Å². The molecule has 0 unspecified atom stereocenters. The molecule has 1 spiro atoms. The largest absolute Gasteiger partial charge is 0.392 e. The minimum absolute atomic E-state index is 0.139. The molecule has 11 nitrogen and oxygen atoms in total. The van der Waals surface area contributed by atoms with E-state index in [9.17, 15) is 5.11 Å². The highest BCUT2D eigenvalue weighted by Crippen LogP contribution is 2.51. The van der Waals surface area contributed by atoms with Crippen LogP contribution in [-0.4, -0.2) is 61.9 Å². The van der Waals surface area contributed by atoms with Crippen LogP contribution >= 0.6 is 15.9 Å². The summed E-state index contributed by atoms with van der Waals surface area (Å²) < 4.78 is 65.0. The molecule has 12 heteroatoms. The molecule has 2 aliphatic rings. The van der Waals surface area contributed by atoms with Gasteiger partial charge in [0, 0.05) is 24.3 Å². The van der Waals surface area contributed by atoms with E-state index in [4.69, 9.17) is 47.4 Å². The van der Waals surface area contributed by atoms with Gasteiger partial charge in [-0.3, -0.25) is 0 Å². The number of fused-ring (bicyclic) bond motifs is 5. The molecule has 1 N–H and O–H groups in total. The van der Waals surface area contributed by atoms with Crippen LogP contribution in [0, 0.1) is 0 Å². The Balaban J connectivity index is 0.000000249. The Morgan fingerprint density at radius 1 is 0.526 bits per heavy atom. The van der Waals surface area contributed by atoms with E-state index in [2.05, 4.69) is 52.3 Å². The van der Waals surface area contributed by atoms with Gasteiger partial charge in [0.15, 0.2) is 11.6 Å². The first kappa shape index (κ1) is 57.0. The van der Waals surface area contributed by atoms with E-state index in [-0.39, 0.29) is 13.2 Å². The first-order valence-corrected chi connectivity index (χ1v) is 27.3. The van der Waals surface area contributed by atoms with Gasteiger partial charge in [0.25, 0.3) is 0 Å². The topological polar surface area (TPSA) is 113 Å². The summed E-state index contributed by atoms with van der Waals surface area (Å²) in [5, 5.41) is 14.9. The Morgan fingerprint density at radius 3 is 1.53 bits per heavy atom. The van der Waals surface area contributed by atoms with Crippen molar-refractivity contribution in [1.82, 2.24) is 0 Å². The highest BCUT2D eigenvalue weighted by molar-refractivity contribution is 9.10. The SMILES string of the molecule is COC(C)(C)OCc1cc(Br)c(COC(C)(C)OC)c2ccccc12.OCc1cc2c(c3ccccc13)CO[C@]21O[C@H](COCc2ccccc2)[C@@H](OCc2ccccc2)[C@H](OCc2ccccc2)[C@H]1OCc1ccccc1. The maximum atomic E-state index is 10.7. The van der Waals surface area contributed by atoms with Crippen molar-refractivity contribution in [2.75, 3.05) is 20.8 Å². The molecule has 10 rings (SSSR count). The minimum atomic E-state index is -1.40. The number of hydrogen-bond acceptors (Lipinski definition) is 11. The van der Waals surface area contributed by atoms with Gasteiger partial charge < -0.3 is 52.5 Å². The van der Waals surface area contributed by atoms with Gasteiger partial charge in [-0.25, -0.2) is 0 Å². The lowest BCUT2D eigenvalue weighted by atomic mass is 9.84. The van der Waals surface area contributed by atoms with Gasteiger partial charge in [-0.2, -0.15) is 0 Å². The van der Waals surface area contributed by atoms with Gasteiger partial charge in [0.05, 0.1) is 59.5 Å². The number of methoxy groups -OCH3 is 2. The third kappa shape index (κ3) is 13.8. The number of ether oxygens (including phenoxy) is 10. The van der Waals surface area contributed by atoms with Gasteiger partial charge in [-0.15, -0.1) is 0 Å². The molecule has 0 aliphatic carbocycles. The smallest absolute Gasteiger partial charge is 0.226 e. The normalized spacial score (nSPS) is 19.2. The minimum Gasteiger partial charge on any atom is -0.392 e. The van der Waals surface area contributed by atoms with Crippen molar-refractivity contribution >= 4 is 37.5 Å². The summed E-state index contributed by atoms with van der Waals surface area (Å²) in [5.41, 5.74) is 8.92. The molecular weight excluding hydrogens is 1050 g/mol. The predicted octanol–water partition coefficient (Wildman–Crippen LogP) is 13.8. The first-order chi connectivity index (χ1) is 37.9. The van der Waals surface area contributed by atoms with Crippen molar-refractivity contribution in [2.24, 2.45) is 0 Å². The number of aliphatic hydroxyl groups excluding tert-OH is 1. The molecule has 1 saturated heterocycles. The maximum absolute atomic E-state index is 10.7. The summed E-state index contributed by atoms with van der Waals surface area (Å²) in [6, 6.07) is 60.9. The lowest BCUT2D eigenvalue weighted by Crippen LogP contribution is -2.65. The van der Waals surface area contributed by atoms with E-state index in [1.54, 1.807) is 14.2 Å². The molecule has 8 aromatic rings. The standard InChI is InChI=1S/C46H44O7.C20H27BrO4/c47-26-37-25-41-40(39-24-14-13-23-38(37)39)31-52-46(41)45(51-30-36-21-11-4-12-22-36)44(50-29-35-19-9-3-10-20-35)43(49-28-34-17-7-2-8-18-34)42(53-46)32-48-27-33-15-5-1-6-16-33;1-19(2,22-5)24-12-14-11-18(21)17(13-25-20(3,4)23-6)16-10-8-7-9-15(14)16/h1-25,42-45,47H,26-32H2;7-11H,12-13H2,1-6H3/t42-,43-,44+,45-,46+;/m1./s1. The van der Waals surface area contributed by atoms with Gasteiger partial charge in [-0.05, 0) is 106 Å². The molecular formula is C66H71BrO11.